The van der Waals surface area contributed by atoms with Crippen LogP contribution in [0.15, 0.2) is 10.9 Å². The number of methoxy groups -OCH3 is 1. The SMILES string of the molecule is CCCc1cc(C(=O)NCCCOC)c(=O)[nH]c1CC. The van der Waals surface area contributed by atoms with Gasteiger partial charge in [0.1, 0.15) is 5.56 Å². The van der Waals surface area contributed by atoms with E-state index in [1.807, 2.05) is 6.92 Å². The Morgan fingerprint density at radius 1 is 1.40 bits per heavy atom. The molecule has 0 fully saturated rings. The summed E-state index contributed by atoms with van der Waals surface area (Å²) in [4.78, 5) is 26.8. The number of aromatic nitrogens is 1. The standard InChI is InChI=1S/C15H24N2O3/c1-4-7-11-10-12(15(19)17-13(11)5-2)14(18)16-8-6-9-20-3/h10H,4-9H2,1-3H3,(H,16,18)(H,17,19). The fourth-order valence-electron chi connectivity index (χ4n) is 2.10. The lowest BCUT2D eigenvalue weighted by Crippen LogP contribution is -2.31. The number of aromatic amines is 1. The van der Waals surface area contributed by atoms with Gasteiger partial charge in [0.2, 0.25) is 0 Å². The Morgan fingerprint density at radius 3 is 2.75 bits per heavy atom. The number of hydrogen-bond acceptors (Lipinski definition) is 3. The van der Waals surface area contributed by atoms with Gasteiger partial charge in [-0.25, -0.2) is 0 Å². The molecular weight excluding hydrogens is 256 g/mol. The molecule has 0 aliphatic carbocycles. The highest BCUT2D eigenvalue weighted by molar-refractivity contribution is 5.94. The van der Waals surface area contributed by atoms with Gasteiger partial charge in [-0.1, -0.05) is 20.3 Å². The van der Waals surface area contributed by atoms with Crippen LogP contribution in [0.4, 0.5) is 0 Å². The van der Waals surface area contributed by atoms with Crippen LogP contribution in [0.3, 0.4) is 0 Å². The van der Waals surface area contributed by atoms with Crippen molar-refractivity contribution in [3.8, 4) is 0 Å². The van der Waals surface area contributed by atoms with Gasteiger partial charge in [0.05, 0.1) is 0 Å². The fraction of sp³-hybridized carbons (Fsp3) is 0.600. The molecule has 0 radical (unpaired) electrons. The van der Waals surface area contributed by atoms with Gasteiger partial charge in [0.15, 0.2) is 0 Å². The molecule has 1 aromatic rings. The molecule has 0 saturated heterocycles. The predicted octanol–water partition coefficient (Wildman–Crippen LogP) is 1.66. The van der Waals surface area contributed by atoms with E-state index in [0.717, 1.165) is 36.9 Å². The molecular formula is C15H24N2O3. The minimum absolute atomic E-state index is 0.197. The van der Waals surface area contributed by atoms with Gasteiger partial charge in [-0.2, -0.15) is 0 Å². The number of carbonyl (C=O) groups excluding carboxylic acids is 1. The average molecular weight is 280 g/mol. The maximum absolute atomic E-state index is 12.0. The van der Waals surface area contributed by atoms with E-state index in [4.69, 9.17) is 4.74 Å². The number of pyridine rings is 1. The van der Waals surface area contributed by atoms with Crippen LogP contribution in [-0.2, 0) is 17.6 Å². The Hall–Kier alpha value is -1.62. The van der Waals surface area contributed by atoms with Crippen LogP contribution in [0.1, 0.15) is 48.3 Å². The first kappa shape index (κ1) is 16.4. The maximum Gasteiger partial charge on any atom is 0.261 e. The number of hydrogen-bond donors (Lipinski definition) is 2. The summed E-state index contributed by atoms with van der Waals surface area (Å²) in [5.74, 6) is -0.317. The number of H-pyrrole nitrogens is 1. The molecule has 1 heterocycles. The van der Waals surface area contributed by atoms with Gasteiger partial charge in [-0.3, -0.25) is 9.59 Å². The zero-order valence-electron chi connectivity index (χ0n) is 12.5. The zero-order chi connectivity index (χ0) is 15.0. The summed E-state index contributed by atoms with van der Waals surface area (Å²) in [6.45, 7) is 5.17. The molecule has 0 saturated carbocycles. The van der Waals surface area contributed by atoms with E-state index in [9.17, 15) is 9.59 Å². The number of aryl methyl sites for hydroxylation is 2. The lowest BCUT2D eigenvalue weighted by molar-refractivity contribution is 0.0947. The Bertz CT molecular complexity index is 494. The summed E-state index contributed by atoms with van der Waals surface area (Å²) < 4.78 is 4.92. The molecule has 0 atom stereocenters. The summed E-state index contributed by atoms with van der Waals surface area (Å²) >= 11 is 0. The van der Waals surface area contributed by atoms with E-state index >= 15 is 0 Å². The van der Waals surface area contributed by atoms with Crippen LogP contribution in [0, 0.1) is 0 Å². The molecule has 0 spiro atoms. The quantitative estimate of drug-likeness (QED) is 0.711. The van der Waals surface area contributed by atoms with E-state index in [1.54, 1.807) is 13.2 Å². The second-order valence-electron chi connectivity index (χ2n) is 4.72. The van der Waals surface area contributed by atoms with Gasteiger partial charge in [-0.05, 0) is 30.9 Å². The maximum atomic E-state index is 12.0. The molecule has 0 aliphatic heterocycles. The summed E-state index contributed by atoms with van der Waals surface area (Å²) in [6, 6.07) is 1.73. The minimum atomic E-state index is -0.317. The van der Waals surface area contributed by atoms with Gasteiger partial charge in [-0.15, -0.1) is 0 Å². The normalized spacial score (nSPS) is 10.6. The van der Waals surface area contributed by atoms with Crippen molar-refractivity contribution in [1.29, 1.82) is 0 Å². The molecule has 0 aliphatic rings. The van der Waals surface area contributed by atoms with E-state index < -0.39 is 0 Å². The molecule has 2 N–H and O–H groups in total. The van der Waals surface area contributed by atoms with Crippen molar-refractivity contribution in [2.24, 2.45) is 0 Å². The fourth-order valence-corrected chi connectivity index (χ4v) is 2.10. The van der Waals surface area contributed by atoms with E-state index in [-0.39, 0.29) is 17.0 Å². The number of rotatable bonds is 8. The Balaban J connectivity index is 2.85. The second-order valence-corrected chi connectivity index (χ2v) is 4.72. The van der Waals surface area contributed by atoms with Crippen molar-refractivity contribution in [3.63, 3.8) is 0 Å². The molecule has 5 heteroatoms. The third kappa shape index (κ3) is 4.49. The first-order chi connectivity index (χ1) is 9.63. The minimum Gasteiger partial charge on any atom is -0.385 e. The summed E-state index contributed by atoms with van der Waals surface area (Å²) in [7, 11) is 1.62. The van der Waals surface area contributed by atoms with E-state index in [1.165, 1.54) is 0 Å². The van der Waals surface area contributed by atoms with Gasteiger partial charge < -0.3 is 15.0 Å². The lowest BCUT2D eigenvalue weighted by atomic mass is 10.0. The first-order valence-electron chi connectivity index (χ1n) is 7.16. The van der Waals surface area contributed by atoms with Crippen LogP contribution >= 0.6 is 0 Å². The smallest absolute Gasteiger partial charge is 0.261 e. The van der Waals surface area contributed by atoms with Gasteiger partial charge >= 0.3 is 0 Å². The van der Waals surface area contributed by atoms with Crippen molar-refractivity contribution in [3.05, 3.63) is 33.2 Å². The van der Waals surface area contributed by atoms with Crippen molar-refractivity contribution >= 4 is 5.91 Å². The van der Waals surface area contributed by atoms with Gasteiger partial charge in [0, 0.05) is 26.0 Å². The van der Waals surface area contributed by atoms with Crippen molar-refractivity contribution in [2.75, 3.05) is 20.3 Å². The zero-order valence-corrected chi connectivity index (χ0v) is 12.5. The molecule has 112 valence electrons. The highest BCUT2D eigenvalue weighted by Crippen LogP contribution is 2.09. The molecule has 20 heavy (non-hydrogen) atoms. The van der Waals surface area contributed by atoms with Crippen molar-refractivity contribution in [2.45, 2.75) is 39.5 Å². The third-order valence-corrected chi connectivity index (χ3v) is 3.14. The first-order valence-corrected chi connectivity index (χ1v) is 7.16. The van der Waals surface area contributed by atoms with Crippen LogP contribution in [0.25, 0.3) is 0 Å². The highest BCUT2D eigenvalue weighted by Gasteiger charge is 2.13. The van der Waals surface area contributed by atoms with E-state index in [0.29, 0.717) is 13.2 Å². The number of amides is 1. The summed E-state index contributed by atoms with van der Waals surface area (Å²) in [6.07, 6.45) is 3.34. The van der Waals surface area contributed by atoms with E-state index in [2.05, 4.69) is 17.2 Å². The van der Waals surface area contributed by atoms with Crippen LogP contribution < -0.4 is 10.9 Å². The molecule has 1 rings (SSSR count). The molecule has 1 aromatic heterocycles. The third-order valence-electron chi connectivity index (χ3n) is 3.14. The molecule has 1 amide bonds. The largest absolute Gasteiger partial charge is 0.385 e. The molecule has 0 bridgehead atoms. The number of nitrogens with one attached hydrogen (secondary N) is 2. The second kappa shape index (κ2) is 8.53. The van der Waals surface area contributed by atoms with Crippen LogP contribution in [-0.4, -0.2) is 31.2 Å². The van der Waals surface area contributed by atoms with Gasteiger partial charge in [0.25, 0.3) is 11.5 Å². The molecule has 0 unspecified atom stereocenters. The van der Waals surface area contributed by atoms with Crippen molar-refractivity contribution < 1.29 is 9.53 Å². The lowest BCUT2D eigenvalue weighted by Gasteiger charge is -2.10. The molecule has 5 nitrogen and oxygen atoms in total. The Kier molecular flexibility index (Phi) is 7.01. The Labute approximate surface area is 119 Å². The van der Waals surface area contributed by atoms with Crippen molar-refractivity contribution in [1.82, 2.24) is 10.3 Å². The number of carbonyl (C=O) groups is 1. The number of ether oxygens (including phenoxy) is 1. The van der Waals surface area contributed by atoms with Crippen LogP contribution in [0.2, 0.25) is 0 Å². The Morgan fingerprint density at radius 2 is 2.15 bits per heavy atom. The average Bonchev–Trinajstić information content (AvgIpc) is 2.45. The van der Waals surface area contributed by atoms with Crippen LogP contribution in [0.5, 0.6) is 0 Å². The summed E-state index contributed by atoms with van der Waals surface area (Å²) in [5, 5.41) is 2.74. The summed E-state index contributed by atoms with van der Waals surface area (Å²) in [5.41, 5.74) is 1.86. The monoisotopic (exact) mass is 280 g/mol. The molecule has 0 aromatic carbocycles. The highest BCUT2D eigenvalue weighted by atomic mass is 16.5. The topological polar surface area (TPSA) is 71.2 Å². The predicted molar refractivity (Wildman–Crippen MR) is 79.3 cm³/mol.